The van der Waals surface area contributed by atoms with Gasteiger partial charge in [0.25, 0.3) is 0 Å². The average molecular weight is 405 g/mol. The summed E-state index contributed by atoms with van der Waals surface area (Å²) in [6.07, 6.45) is 1.53. The number of hydrogen-bond acceptors (Lipinski definition) is 5. The van der Waals surface area contributed by atoms with Crippen molar-refractivity contribution in [3.05, 3.63) is 57.3 Å². The molecule has 8 heteroatoms. The maximum absolute atomic E-state index is 9.89. The summed E-state index contributed by atoms with van der Waals surface area (Å²) in [7, 11) is 1.61. The Labute approximate surface area is 151 Å². The molecule has 2 N–H and O–H groups in total. The Bertz CT molecular complexity index is 947. The minimum Gasteiger partial charge on any atom is -0.507 e. The lowest BCUT2D eigenvalue weighted by Gasteiger charge is -2.03. The van der Waals surface area contributed by atoms with Crippen LogP contribution in [0, 0.1) is 4.77 Å². The van der Waals surface area contributed by atoms with Crippen LogP contribution in [-0.4, -0.2) is 33.3 Å². The first-order valence-electron chi connectivity index (χ1n) is 6.93. The van der Waals surface area contributed by atoms with E-state index < -0.39 is 0 Å². The van der Waals surface area contributed by atoms with Gasteiger partial charge in [0.15, 0.2) is 5.82 Å². The highest BCUT2D eigenvalue weighted by Gasteiger charge is 2.08. The molecule has 0 aliphatic carbocycles. The van der Waals surface area contributed by atoms with Gasteiger partial charge in [0.05, 0.1) is 13.3 Å². The van der Waals surface area contributed by atoms with Gasteiger partial charge >= 0.3 is 0 Å². The predicted molar refractivity (Wildman–Crippen MR) is 98.2 cm³/mol. The zero-order chi connectivity index (χ0) is 17.1. The first kappa shape index (κ1) is 16.4. The molecule has 0 aliphatic heterocycles. The van der Waals surface area contributed by atoms with Crippen molar-refractivity contribution in [3.63, 3.8) is 0 Å². The lowest BCUT2D eigenvalue weighted by atomic mass is 10.2. The largest absolute Gasteiger partial charge is 0.507 e. The molecular formula is C16H13BrN4O2S. The fraction of sp³-hybridized carbons (Fsp3) is 0.0625. The first-order valence-corrected chi connectivity index (χ1v) is 8.13. The summed E-state index contributed by atoms with van der Waals surface area (Å²) >= 11 is 8.59. The number of ether oxygens (including phenoxy) is 1. The van der Waals surface area contributed by atoms with Crippen LogP contribution >= 0.6 is 28.1 Å². The number of hydrogen-bond donors (Lipinski definition) is 2. The van der Waals surface area contributed by atoms with Gasteiger partial charge in [-0.2, -0.15) is 14.9 Å². The van der Waals surface area contributed by atoms with Crippen LogP contribution in [-0.2, 0) is 0 Å². The number of methoxy groups -OCH3 is 1. The zero-order valence-corrected chi connectivity index (χ0v) is 15.0. The fourth-order valence-electron chi connectivity index (χ4n) is 2.07. The summed E-state index contributed by atoms with van der Waals surface area (Å²) in [5.74, 6) is 1.44. The maximum Gasteiger partial charge on any atom is 0.216 e. The van der Waals surface area contributed by atoms with Crippen molar-refractivity contribution in [1.82, 2.24) is 14.9 Å². The number of rotatable bonds is 4. The quantitative estimate of drug-likeness (QED) is 0.509. The van der Waals surface area contributed by atoms with Crippen molar-refractivity contribution in [1.29, 1.82) is 0 Å². The summed E-state index contributed by atoms with van der Waals surface area (Å²) in [6.45, 7) is 0. The lowest BCUT2D eigenvalue weighted by Crippen LogP contribution is -1.95. The Morgan fingerprint density at radius 2 is 2.04 bits per heavy atom. The summed E-state index contributed by atoms with van der Waals surface area (Å²) in [5, 5.41) is 21.2. The van der Waals surface area contributed by atoms with E-state index in [9.17, 15) is 5.11 Å². The number of H-pyrrole nitrogens is 1. The Morgan fingerprint density at radius 3 is 2.75 bits per heavy atom. The molecule has 2 aromatic carbocycles. The van der Waals surface area contributed by atoms with Gasteiger partial charge in [-0.3, -0.25) is 0 Å². The van der Waals surface area contributed by atoms with Gasteiger partial charge in [0.2, 0.25) is 4.77 Å². The van der Waals surface area contributed by atoms with Crippen molar-refractivity contribution >= 4 is 34.4 Å². The van der Waals surface area contributed by atoms with E-state index in [1.807, 2.05) is 24.3 Å². The third-order valence-corrected chi connectivity index (χ3v) is 4.06. The Kier molecular flexibility index (Phi) is 4.77. The molecule has 0 saturated heterocycles. The van der Waals surface area contributed by atoms with E-state index in [-0.39, 0.29) is 5.75 Å². The second-order valence-corrected chi connectivity index (χ2v) is 6.14. The molecule has 122 valence electrons. The van der Waals surface area contributed by atoms with Gasteiger partial charge in [-0.15, -0.1) is 0 Å². The molecule has 24 heavy (non-hydrogen) atoms. The molecule has 3 rings (SSSR count). The summed E-state index contributed by atoms with van der Waals surface area (Å²) in [4.78, 5) is 0. The van der Waals surface area contributed by atoms with E-state index >= 15 is 0 Å². The Balaban J connectivity index is 1.99. The minimum atomic E-state index is 0.128. The van der Waals surface area contributed by atoms with Gasteiger partial charge < -0.3 is 9.84 Å². The molecule has 0 aliphatic rings. The van der Waals surface area contributed by atoms with E-state index in [0.717, 1.165) is 15.8 Å². The van der Waals surface area contributed by atoms with E-state index in [0.29, 0.717) is 16.2 Å². The highest BCUT2D eigenvalue weighted by Crippen LogP contribution is 2.22. The molecule has 6 nitrogen and oxygen atoms in total. The normalized spacial score (nSPS) is 11.1. The molecule has 0 atom stereocenters. The molecule has 3 aromatic rings. The smallest absolute Gasteiger partial charge is 0.216 e. The van der Waals surface area contributed by atoms with Crippen molar-refractivity contribution in [3.8, 4) is 22.9 Å². The fourth-order valence-corrected chi connectivity index (χ4v) is 2.63. The van der Waals surface area contributed by atoms with Gasteiger partial charge in [-0.25, -0.2) is 5.10 Å². The number of benzene rings is 2. The Morgan fingerprint density at radius 1 is 1.29 bits per heavy atom. The van der Waals surface area contributed by atoms with Crippen LogP contribution in [0.15, 0.2) is 52.0 Å². The minimum absolute atomic E-state index is 0.128. The van der Waals surface area contributed by atoms with Crippen molar-refractivity contribution < 1.29 is 9.84 Å². The number of aromatic amines is 1. The average Bonchev–Trinajstić information content (AvgIpc) is 2.96. The highest BCUT2D eigenvalue weighted by atomic mass is 79.9. The molecule has 0 fully saturated rings. The second-order valence-electron chi connectivity index (χ2n) is 4.84. The highest BCUT2D eigenvalue weighted by molar-refractivity contribution is 9.10. The maximum atomic E-state index is 9.89. The van der Waals surface area contributed by atoms with E-state index in [2.05, 4.69) is 31.2 Å². The number of halogens is 1. The number of aromatic nitrogens is 3. The van der Waals surface area contributed by atoms with Crippen molar-refractivity contribution in [2.75, 3.05) is 7.11 Å². The third-order valence-electron chi connectivity index (χ3n) is 3.30. The lowest BCUT2D eigenvalue weighted by molar-refractivity contribution is 0.415. The molecule has 0 unspecified atom stereocenters. The summed E-state index contributed by atoms with van der Waals surface area (Å²) in [5.41, 5.74) is 1.40. The molecule has 0 saturated carbocycles. The summed E-state index contributed by atoms with van der Waals surface area (Å²) < 4.78 is 7.84. The van der Waals surface area contributed by atoms with Crippen LogP contribution in [0.5, 0.6) is 11.5 Å². The van der Waals surface area contributed by atoms with Crippen LogP contribution in [0.3, 0.4) is 0 Å². The number of phenols is 1. The molecule has 0 radical (unpaired) electrons. The van der Waals surface area contributed by atoms with E-state index in [4.69, 9.17) is 17.0 Å². The summed E-state index contributed by atoms with van der Waals surface area (Å²) in [6, 6.07) is 12.5. The van der Waals surface area contributed by atoms with Gasteiger partial charge in [-0.05, 0) is 54.7 Å². The molecule has 1 heterocycles. The standard InChI is InChI=1S/C16H13BrN4O2S/c1-23-13-5-2-10(3-6-13)15-19-20-16(24)21(15)18-9-11-8-12(17)4-7-14(11)22/h2-9,22H,1H3,(H,20,24). The van der Waals surface area contributed by atoms with Crippen LogP contribution in [0.25, 0.3) is 11.4 Å². The molecule has 0 spiro atoms. The number of aromatic hydroxyl groups is 1. The number of nitrogens with zero attached hydrogens (tertiary/aromatic N) is 3. The second kappa shape index (κ2) is 6.98. The van der Waals surface area contributed by atoms with Gasteiger partial charge in [-0.1, -0.05) is 15.9 Å². The monoisotopic (exact) mass is 404 g/mol. The molecular weight excluding hydrogens is 392 g/mol. The third kappa shape index (κ3) is 3.39. The molecule has 0 bridgehead atoms. The zero-order valence-electron chi connectivity index (χ0n) is 12.6. The van der Waals surface area contributed by atoms with Crippen molar-refractivity contribution in [2.45, 2.75) is 0 Å². The van der Waals surface area contributed by atoms with E-state index in [1.165, 1.54) is 10.9 Å². The van der Waals surface area contributed by atoms with Gasteiger partial charge in [0, 0.05) is 15.6 Å². The van der Waals surface area contributed by atoms with Crippen LogP contribution in [0.1, 0.15) is 5.56 Å². The van der Waals surface area contributed by atoms with Crippen molar-refractivity contribution in [2.24, 2.45) is 5.10 Å². The SMILES string of the molecule is COc1ccc(-c2n[nH]c(=S)n2N=Cc2cc(Br)ccc2O)cc1. The van der Waals surface area contributed by atoms with Crippen LogP contribution < -0.4 is 4.74 Å². The Hall–Kier alpha value is -2.45. The number of nitrogens with one attached hydrogen (secondary N) is 1. The van der Waals surface area contributed by atoms with Gasteiger partial charge in [0.1, 0.15) is 11.5 Å². The van der Waals surface area contributed by atoms with E-state index in [1.54, 1.807) is 25.3 Å². The molecule has 0 amide bonds. The van der Waals surface area contributed by atoms with Crippen LogP contribution in [0.2, 0.25) is 0 Å². The first-order chi connectivity index (χ1) is 11.6. The predicted octanol–water partition coefficient (Wildman–Crippen LogP) is 3.97. The topological polar surface area (TPSA) is 75.4 Å². The molecule has 1 aromatic heterocycles. The van der Waals surface area contributed by atoms with Crippen LogP contribution in [0.4, 0.5) is 0 Å². The number of phenolic OH excluding ortho intramolecular Hbond substituents is 1.